The van der Waals surface area contributed by atoms with Crippen molar-refractivity contribution in [3.63, 3.8) is 0 Å². The molecule has 11 rings (SSSR count). The molecule has 530 valence electrons. The molecule has 2 aliphatic heterocycles. The molecule has 2 fully saturated rings. The summed E-state index contributed by atoms with van der Waals surface area (Å²) in [5, 5.41) is 20.2. The molecule has 24 heteroatoms. The van der Waals surface area contributed by atoms with Gasteiger partial charge < -0.3 is 50.0 Å². The van der Waals surface area contributed by atoms with Crippen molar-refractivity contribution >= 4 is 94.4 Å². The molecule has 0 radical (unpaired) electrons. The van der Waals surface area contributed by atoms with Gasteiger partial charge in [0.25, 0.3) is 0 Å². The zero-order valence-electron chi connectivity index (χ0n) is 59.2. The second kappa shape index (κ2) is 33.3. The van der Waals surface area contributed by atoms with Crippen LogP contribution in [-0.2, 0) is 29.1 Å². The van der Waals surface area contributed by atoms with Crippen LogP contribution in [0.3, 0.4) is 0 Å². The van der Waals surface area contributed by atoms with E-state index < -0.39 is 36.0 Å². The van der Waals surface area contributed by atoms with Gasteiger partial charge in [0.2, 0.25) is 11.9 Å². The molecule has 5 N–H and O–H groups in total. The summed E-state index contributed by atoms with van der Waals surface area (Å²) in [5.74, 6) is 2.67. The van der Waals surface area contributed by atoms with E-state index >= 15 is 0 Å². The summed E-state index contributed by atoms with van der Waals surface area (Å²) in [6, 6.07) is 40.3. The number of H-pyrrole nitrogens is 1. The molecule has 2 saturated heterocycles. The molecule has 21 nitrogen and oxygen atoms in total. The number of halogens is 1. The average molecular weight is 1420 g/mol. The standard InChI is InChI=1S/C38H46ClN5O5S.C38H47N7O4S/c1-24(2)49-32-23-29(27-16-18-44(19-17-27)20-21-48-6)26(5)22-31(32)41-38-42-36(39)34(35(45)28-12-8-7-9-13-28)37(43-38)40-30-14-10-11-15-33(30)50(46,47)25(3)4;1-24(2)49-32-23-29(27-16-18-45(19-17-27)20-21-48-6)26(5)22-31(32)40-38-41-36(39-30-14-10-11-15-33(30)50(46,47)25(3)4)34-35(43-44-37(34)42-38)28-12-8-7-9-13-28/h7-15,22-25,27H,16-21H2,1-6H3,(H2,40,41,42,43);7-15,22-25,27H,16-21H2,1-6H3,(H3,39,40,41,42,43,44). The largest absolute Gasteiger partial charge is 0.489 e. The van der Waals surface area contributed by atoms with Crippen LogP contribution in [0.1, 0.15) is 131 Å². The minimum Gasteiger partial charge on any atom is -0.489 e. The summed E-state index contributed by atoms with van der Waals surface area (Å²) < 4.78 is 76.7. The number of aromatic nitrogens is 6. The quantitative estimate of drug-likeness (QED) is 0.0237. The van der Waals surface area contributed by atoms with Gasteiger partial charge in [0, 0.05) is 38.4 Å². The van der Waals surface area contributed by atoms with Gasteiger partial charge in [-0.3, -0.25) is 9.89 Å². The van der Waals surface area contributed by atoms with Crippen LogP contribution in [0.25, 0.3) is 22.3 Å². The number of ether oxygens (including phenoxy) is 4. The zero-order valence-corrected chi connectivity index (χ0v) is 61.5. The Hall–Kier alpha value is -8.55. The highest BCUT2D eigenvalue weighted by Crippen LogP contribution is 2.43. The predicted molar refractivity (Wildman–Crippen MR) is 399 cm³/mol. The lowest BCUT2D eigenvalue weighted by Gasteiger charge is -2.33. The zero-order chi connectivity index (χ0) is 71.4. The number of fused-ring (bicyclic) bond motifs is 1. The van der Waals surface area contributed by atoms with Crippen LogP contribution in [0.5, 0.6) is 11.5 Å². The lowest BCUT2D eigenvalue weighted by molar-refractivity contribution is 0.103. The molecule has 0 aliphatic carbocycles. The summed E-state index contributed by atoms with van der Waals surface area (Å²) in [4.78, 5) is 38.0. The number of anilines is 8. The Balaban J connectivity index is 0.000000216. The molecular weight excluding hydrogens is 1320 g/mol. The van der Waals surface area contributed by atoms with Gasteiger partial charge in [-0.1, -0.05) is 96.5 Å². The van der Waals surface area contributed by atoms with Crippen molar-refractivity contribution in [1.82, 2.24) is 39.9 Å². The van der Waals surface area contributed by atoms with Gasteiger partial charge in [-0.2, -0.15) is 25.0 Å². The van der Waals surface area contributed by atoms with Crippen molar-refractivity contribution in [3.8, 4) is 22.8 Å². The number of aryl methyl sites for hydroxylation is 2. The molecule has 100 heavy (non-hydrogen) atoms. The van der Waals surface area contributed by atoms with Gasteiger partial charge in [0.05, 0.1) is 79.5 Å². The summed E-state index contributed by atoms with van der Waals surface area (Å²) in [6.45, 7) is 26.2. The smallest absolute Gasteiger partial charge is 0.231 e. The average Bonchev–Trinajstić information content (AvgIpc) is 1.59. The molecule has 9 aromatic rings. The Morgan fingerprint density at radius 2 is 0.980 bits per heavy atom. The SMILES string of the molecule is COCCN1CCC(c2cc(OC(C)C)c(Nc3nc(Cl)c(C(=O)c4ccccc4)c(Nc4ccccc4S(=O)(=O)C(C)C)n3)cc2C)CC1.COCCN1CCC(c2cc(OC(C)C)c(Nc3nc(Nc4ccccc4S(=O)(=O)C(C)C)c4c(-c5ccccc5)[nH]nc4n3)cc2C)CC1. The van der Waals surface area contributed by atoms with E-state index in [4.69, 9.17) is 45.5 Å². The van der Waals surface area contributed by atoms with Crippen LogP contribution in [0, 0.1) is 13.8 Å². The number of piperidine rings is 2. The first-order chi connectivity index (χ1) is 47.9. The highest BCUT2D eigenvalue weighted by Gasteiger charge is 2.31. The molecule has 0 spiro atoms. The molecule has 5 heterocycles. The number of ketones is 1. The van der Waals surface area contributed by atoms with Crippen LogP contribution in [-0.4, -0.2) is 152 Å². The minimum atomic E-state index is -3.69. The molecule has 0 saturated carbocycles. The van der Waals surface area contributed by atoms with E-state index in [0.29, 0.717) is 57.3 Å². The second-order valence-corrected chi connectivity index (χ2v) is 31.8. The molecule has 3 aromatic heterocycles. The fraction of sp³-hybridized carbons (Fsp3) is 0.395. The van der Waals surface area contributed by atoms with E-state index in [1.807, 2.05) is 70.2 Å². The first-order valence-corrected chi connectivity index (χ1v) is 37.7. The van der Waals surface area contributed by atoms with E-state index in [0.717, 1.165) is 112 Å². The van der Waals surface area contributed by atoms with Crippen molar-refractivity contribution in [3.05, 3.63) is 172 Å². The normalized spacial score (nSPS) is 14.4. The maximum absolute atomic E-state index is 13.8. The monoisotopic (exact) mass is 1420 g/mol. The number of nitrogens with one attached hydrogen (secondary N) is 5. The summed E-state index contributed by atoms with van der Waals surface area (Å²) in [5.41, 5.74) is 9.31. The Labute approximate surface area is 593 Å². The highest BCUT2D eigenvalue weighted by molar-refractivity contribution is 7.92. The first-order valence-electron chi connectivity index (χ1n) is 34.2. The third-order valence-corrected chi connectivity index (χ3v) is 22.7. The van der Waals surface area contributed by atoms with Crippen molar-refractivity contribution in [2.75, 3.05) is 88.0 Å². The number of hydrogen-bond donors (Lipinski definition) is 5. The Morgan fingerprint density at radius 3 is 1.44 bits per heavy atom. The van der Waals surface area contributed by atoms with E-state index in [1.54, 1.807) is 109 Å². The van der Waals surface area contributed by atoms with Crippen LogP contribution < -0.4 is 30.7 Å². The van der Waals surface area contributed by atoms with Crippen LogP contribution in [0.15, 0.2) is 143 Å². The highest BCUT2D eigenvalue weighted by atomic mass is 35.5. The number of benzene rings is 6. The van der Waals surface area contributed by atoms with Gasteiger partial charge >= 0.3 is 0 Å². The second-order valence-electron chi connectivity index (χ2n) is 26.5. The van der Waals surface area contributed by atoms with Crippen LogP contribution >= 0.6 is 11.6 Å². The van der Waals surface area contributed by atoms with Gasteiger partial charge in [-0.25, -0.2) is 16.8 Å². The summed E-state index contributed by atoms with van der Waals surface area (Å²) in [6.07, 6.45) is 4.07. The maximum atomic E-state index is 13.8. The summed E-state index contributed by atoms with van der Waals surface area (Å²) in [7, 11) is -3.81. The predicted octanol–water partition coefficient (Wildman–Crippen LogP) is 15.6. The van der Waals surface area contributed by atoms with Gasteiger partial charge in [-0.05, 0) is 204 Å². The molecule has 2 aliphatic rings. The van der Waals surface area contributed by atoms with Gasteiger partial charge in [0.15, 0.2) is 31.1 Å². The number of rotatable bonds is 27. The van der Waals surface area contributed by atoms with Crippen molar-refractivity contribution in [1.29, 1.82) is 0 Å². The van der Waals surface area contributed by atoms with Crippen molar-refractivity contribution in [2.24, 2.45) is 0 Å². The van der Waals surface area contributed by atoms with E-state index in [-0.39, 0.29) is 50.2 Å². The number of likely N-dealkylation sites (tertiary alicyclic amines) is 2. The molecule has 0 unspecified atom stereocenters. The number of carbonyl (C=O) groups excluding carboxylic acids is 1. The number of para-hydroxylation sites is 2. The summed E-state index contributed by atoms with van der Waals surface area (Å²) >= 11 is 6.80. The molecule has 6 aromatic carbocycles. The van der Waals surface area contributed by atoms with Gasteiger partial charge in [-0.15, -0.1) is 0 Å². The van der Waals surface area contributed by atoms with E-state index in [9.17, 15) is 21.6 Å². The van der Waals surface area contributed by atoms with Crippen molar-refractivity contribution in [2.45, 2.75) is 139 Å². The van der Waals surface area contributed by atoms with Crippen LogP contribution in [0.2, 0.25) is 5.15 Å². The van der Waals surface area contributed by atoms with Gasteiger partial charge in [0.1, 0.15) is 33.9 Å². The third-order valence-electron chi connectivity index (χ3n) is 18.0. The first kappa shape index (κ1) is 74.1. The third kappa shape index (κ3) is 17.8. The van der Waals surface area contributed by atoms with E-state index in [2.05, 4.69) is 78.3 Å². The maximum Gasteiger partial charge on any atom is 0.231 e. The van der Waals surface area contributed by atoms with E-state index in [1.165, 1.54) is 17.2 Å². The lowest BCUT2D eigenvalue weighted by atomic mass is 9.86. The lowest BCUT2D eigenvalue weighted by Crippen LogP contribution is -2.35. The fourth-order valence-corrected chi connectivity index (χ4v) is 15.3. The Bertz CT molecular complexity index is 4530. The Kier molecular flexibility index (Phi) is 24.7. The molecule has 0 bridgehead atoms. The number of carbonyl (C=O) groups is 1. The number of hydrogen-bond acceptors (Lipinski definition) is 20. The number of nitrogens with zero attached hydrogens (tertiary/aromatic N) is 7. The van der Waals surface area contributed by atoms with Crippen LogP contribution in [0.4, 0.5) is 46.3 Å². The number of methoxy groups -OCH3 is 2. The topological polar surface area (TPSA) is 257 Å². The minimum absolute atomic E-state index is 0.0159. The molecule has 0 amide bonds. The fourth-order valence-electron chi connectivity index (χ4n) is 12.6. The molecular formula is C76H93ClN12O9S2. The Morgan fingerprint density at radius 1 is 0.550 bits per heavy atom. The van der Waals surface area contributed by atoms with Crippen molar-refractivity contribution < 1.29 is 40.6 Å². The molecule has 0 atom stereocenters. The number of sulfone groups is 2. The number of aromatic amines is 1.